The molecule has 1 aromatic carbocycles. The fourth-order valence-electron chi connectivity index (χ4n) is 3.81. The number of amides is 1. The van der Waals surface area contributed by atoms with E-state index in [1.807, 2.05) is 38.1 Å². The lowest BCUT2D eigenvalue weighted by Crippen LogP contribution is -2.33. The molecule has 1 aliphatic rings. The lowest BCUT2D eigenvalue weighted by Gasteiger charge is -2.19. The van der Waals surface area contributed by atoms with Crippen LogP contribution in [0.3, 0.4) is 0 Å². The first-order valence-corrected chi connectivity index (χ1v) is 11.3. The Labute approximate surface area is 198 Å². The zero-order valence-electron chi connectivity index (χ0n) is 19.7. The van der Waals surface area contributed by atoms with Crippen LogP contribution in [0, 0.1) is 22.7 Å². The van der Waals surface area contributed by atoms with Crippen LogP contribution in [0.5, 0.6) is 5.75 Å². The Morgan fingerprint density at radius 2 is 1.97 bits per heavy atom. The van der Waals surface area contributed by atoms with Gasteiger partial charge in [0.1, 0.15) is 23.3 Å². The van der Waals surface area contributed by atoms with E-state index in [0.717, 1.165) is 18.4 Å². The van der Waals surface area contributed by atoms with Crippen molar-refractivity contribution in [2.75, 3.05) is 11.9 Å². The molecule has 2 aromatic rings. The summed E-state index contributed by atoms with van der Waals surface area (Å²) in [6, 6.07) is 9.94. The number of hydrogen-bond donors (Lipinski definition) is 1. The van der Waals surface area contributed by atoms with Gasteiger partial charge in [0.2, 0.25) is 0 Å². The van der Waals surface area contributed by atoms with Crippen LogP contribution < -0.4 is 10.1 Å². The Hall–Kier alpha value is -4.11. The maximum atomic E-state index is 13.0. The summed E-state index contributed by atoms with van der Waals surface area (Å²) in [6.07, 6.45) is 2.61. The number of carbonyl (C=O) groups excluding carboxylic acids is 2. The number of anilines is 1. The molecule has 3 rings (SSSR count). The van der Waals surface area contributed by atoms with Crippen LogP contribution in [0.4, 0.5) is 5.82 Å². The third-order valence-corrected chi connectivity index (χ3v) is 5.63. The van der Waals surface area contributed by atoms with E-state index in [-0.39, 0.29) is 29.3 Å². The Kier molecular flexibility index (Phi) is 7.70. The lowest BCUT2D eigenvalue weighted by molar-refractivity contribution is -0.138. The summed E-state index contributed by atoms with van der Waals surface area (Å²) in [7, 11) is 0. The monoisotopic (exact) mass is 461 g/mol. The molecule has 2 heterocycles. The van der Waals surface area contributed by atoms with Crippen LogP contribution in [0.25, 0.3) is 6.20 Å². The molecular formula is C25H27N5O4. The number of aromatic nitrogens is 2. The maximum Gasteiger partial charge on any atom is 0.337 e. The Morgan fingerprint density at radius 3 is 2.56 bits per heavy atom. The molecule has 0 aliphatic carbocycles. The van der Waals surface area contributed by atoms with Crippen molar-refractivity contribution in [2.24, 2.45) is 0 Å². The molecule has 0 bridgehead atoms. The topological polar surface area (TPSA) is 130 Å². The number of nitriles is 2. The molecule has 0 saturated carbocycles. The molecule has 1 aromatic heterocycles. The first kappa shape index (κ1) is 24.5. The zero-order valence-corrected chi connectivity index (χ0v) is 19.7. The van der Waals surface area contributed by atoms with E-state index in [0.29, 0.717) is 12.2 Å². The van der Waals surface area contributed by atoms with Crippen molar-refractivity contribution in [1.82, 2.24) is 9.78 Å². The van der Waals surface area contributed by atoms with Gasteiger partial charge in [-0.2, -0.15) is 10.5 Å². The molecule has 9 heteroatoms. The molecule has 1 aliphatic heterocycles. The Bertz CT molecular complexity index is 1220. The van der Waals surface area contributed by atoms with Crippen molar-refractivity contribution in [3.05, 3.63) is 46.2 Å². The average molecular weight is 462 g/mol. The van der Waals surface area contributed by atoms with Gasteiger partial charge in [0.25, 0.3) is 5.91 Å². The molecule has 0 saturated heterocycles. The lowest BCUT2D eigenvalue weighted by atomic mass is 9.97. The highest BCUT2D eigenvalue weighted by Crippen LogP contribution is 2.37. The van der Waals surface area contributed by atoms with Crippen molar-refractivity contribution >= 4 is 23.9 Å². The predicted octanol–water partition coefficient (Wildman–Crippen LogP) is 3.70. The van der Waals surface area contributed by atoms with Gasteiger partial charge in [0, 0.05) is 6.20 Å². The highest BCUT2D eigenvalue weighted by molar-refractivity contribution is 5.98. The Morgan fingerprint density at radius 1 is 1.21 bits per heavy atom. The summed E-state index contributed by atoms with van der Waals surface area (Å²) in [5.74, 6) is -1.47. The van der Waals surface area contributed by atoms with E-state index in [1.165, 1.54) is 16.4 Å². The molecular weight excluding hydrogens is 434 g/mol. The molecule has 1 amide bonds. The standard InChI is InChI=1S/C25H27N5O4/c1-5-15-9-10-21(16(6-2)11-15)34-20(7-3)24(31)28-23-18(13-27)22-17(12-26)19(14-30(22)29-23)25(32)33-8-4/h9-11,14,17,20H,5-8H2,1-4H3,(H,28,29,31). The quantitative estimate of drug-likeness (QED) is 0.563. The van der Waals surface area contributed by atoms with Crippen molar-refractivity contribution < 1.29 is 19.1 Å². The van der Waals surface area contributed by atoms with E-state index in [9.17, 15) is 20.1 Å². The first-order valence-electron chi connectivity index (χ1n) is 11.3. The molecule has 34 heavy (non-hydrogen) atoms. The van der Waals surface area contributed by atoms with Crippen LogP contribution in [0.15, 0.2) is 23.8 Å². The second-order valence-electron chi connectivity index (χ2n) is 7.69. The first-order chi connectivity index (χ1) is 16.4. The van der Waals surface area contributed by atoms with Gasteiger partial charge in [-0.15, -0.1) is 5.10 Å². The summed E-state index contributed by atoms with van der Waals surface area (Å²) in [6.45, 7) is 7.75. The zero-order chi connectivity index (χ0) is 24.8. The van der Waals surface area contributed by atoms with Gasteiger partial charge < -0.3 is 14.8 Å². The number of ether oxygens (including phenoxy) is 2. The van der Waals surface area contributed by atoms with E-state index in [4.69, 9.17) is 9.47 Å². The van der Waals surface area contributed by atoms with E-state index in [2.05, 4.69) is 23.4 Å². The van der Waals surface area contributed by atoms with E-state index < -0.39 is 23.9 Å². The maximum absolute atomic E-state index is 13.0. The molecule has 0 spiro atoms. The SMILES string of the molecule is CCOC(=O)C1=Cn2nc(NC(=O)C(CC)Oc3ccc(CC)cc3CC)c(C#N)c2C1C#N. The minimum absolute atomic E-state index is 0.0148. The van der Waals surface area contributed by atoms with Crippen LogP contribution in [-0.4, -0.2) is 34.4 Å². The summed E-state index contributed by atoms with van der Waals surface area (Å²) in [5.41, 5.74) is 2.54. The van der Waals surface area contributed by atoms with Crippen LogP contribution in [0.2, 0.25) is 0 Å². The minimum Gasteiger partial charge on any atom is -0.480 e. The van der Waals surface area contributed by atoms with Gasteiger partial charge in [-0.05, 0) is 43.4 Å². The van der Waals surface area contributed by atoms with Gasteiger partial charge in [-0.1, -0.05) is 32.9 Å². The molecule has 0 radical (unpaired) electrons. The second kappa shape index (κ2) is 10.7. The third-order valence-electron chi connectivity index (χ3n) is 5.63. The second-order valence-corrected chi connectivity index (χ2v) is 7.69. The minimum atomic E-state index is -1.02. The van der Waals surface area contributed by atoms with Gasteiger partial charge in [-0.25, -0.2) is 9.48 Å². The Balaban J connectivity index is 1.85. The van der Waals surface area contributed by atoms with Crippen molar-refractivity contribution in [1.29, 1.82) is 10.5 Å². The molecule has 9 nitrogen and oxygen atoms in total. The number of aryl methyl sites for hydroxylation is 2. The van der Waals surface area contributed by atoms with Gasteiger partial charge >= 0.3 is 5.97 Å². The van der Waals surface area contributed by atoms with Crippen LogP contribution in [-0.2, 0) is 27.2 Å². The largest absolute Gasteiger partial charge is 0.480 e. The smallest absolute Gasteiger partial charge is 0.337 e. The van der Waals surface area contributed by atoms with E-state index in [1.54, 1.807) is 6.92 Å². The van der Waals surface area contributed by atoms with Gasteiger partial charge in [-0.3, -0.25) is 4.79 Å². The van der Waals surface area contributed by atoms with Crippen molar-refractivity contribution in [3.8, 4) is 17.9 Å². The predicted molar refractivity (Wildman–Crippen MR) is 125 cm³/mol. The number of hydrogen-bond acceptors (Lipinski definition) is 7. The summed E-state index contributed by atoms with van der Waals surface area (Å²) < 4.78 is 12.3. The molecule has 2 atom stereocenters. The van der Waals surface area contributed by atoms with E-state index >= 15 is 0 Å². The van der Waals surface area contributed by atoms with Gasteiger partial charge in [0.05, 0.1) is 23.9 Å². The number of carbonyl (C=O) groups is 2. The fourth-order valence-corrected chi connectivity index (χ4v) is 3.81. The average Bonchev–Trinajstić information content (AvgIpc) is 3.37. The number of nitrogens with one attached hydrogen (secondary N) is 1. The molecule has 2 unspecified atom stereocenters. The van der Waals surface area contributed by atoms with Crippen molar-refractivity contribution in [3.63, 3.8) is 0 Å². The summed E-state index contributed by atoms with van der Waals surface area (Å²) in [4.78, 5) is 25.2. The highest BCUT2D eigenvalue weighted by atomic mass is 16.5. The van der Waals surface area contributed by atoms with Crippen LogP contribution >= 0.6 is 0 Å². The molecule has 0 fully saturated rings. The highest BCUT2D eigenvalue weighted by Gasteiger charge is 2.37. The number of nitrogens with zero attached hydrogens (tertiary/aromatic N) is 4. The summed E-state index contributed by atoms with van der Waals surface area (Å²) in [5, 5.41) is 26.3. The summed E-state index contributed by atoms with van der Waals surface area (Å²) >= 11 is 0. The van der Waals surface area contributed by atoms with Crippen molar-refractivity contribution in [2.45, 2.75) is 59.0 Å². The molecule has 1 N–H and O–H groups in total. The number of rotatable bonds is 9. The number of benzene rings is 1. The fraction of sp³-hybridized carbons (Fsp3) is 0.400. The molecule has 176 valence electrons. The third kappa shape index (κ3) is 4.65. The number of fused-ring (bicyclic) bond motifs is 1. The number of esters is 1. The van der Waals surface area contributed by atoms with Crippen LogP contribution in [0.1, 0.15) is 62.4 Å². The normalized spacial score (nSPS) is 14.9. The van der Waals surface area contributed by atoms with Gasteiger partial charge in [0.15, 0.2) is 11.9 Å².